The third-order valence-electron chi connectivity index (χ3n) is 4.22. The van der Waals surface area contributed by atoms with E-state index in [4.69, 9.17) is 14.2 Å². The number of aliphatic hydroxyl groups excluding tert-OH is 1. The molecule has 0 saturated carbocycles. The average molecular weight is 357 g/mol. The maximum absolute atomic E-state index is 10.3. The number of hydrogen-bond donors (Lipinski definition) is 1. The van der Waals surface area contributed by atoms with Crippen LogP contribution in [-0.4, -0.2) is 49.5 Å². The lowest BCUT2D eigenvalue weighted by Crippen LogP contribution is -2.32. The third-order valence-corrected chi connectivity index (χ3v) is 4.22. The van der Waals surface area contributed by atoms with Crippen LogP contribution in [0.2, 0.25) is 0 Å². The molecule has 1 heterocycles. The standard InChI is InChI=1S/C21H27NO4/c1-15-8-16(2)10-19(9-15)26-14-18(23)13-22(3)12-17-4-5-20-21(11-17)25-7-6-24-20/h4-5,8-11,18,23H,6-7,12-14H2,1-3H3. The molecule has 26 heavy (non-hydrogen) atoms. The van der Waals surface area contributed by atoms with E-state index in [-0.39, 0.29) is 6.61 Å². The number of rotatable bonds is 7. The van der Waals surface area contributed by atoms with Gasteiger partial charge in [0.2, 0.25) is 0 Å². The summed E-state index contributed by atoms with van der Waals surface area (Å²) in [5.41, 5.74) is 3.44. The van der Waals surface area contributed by atoms with Crippen molar-refractivity contribution in [1.29, 1.82) is 0 Å². The highest BCUT2D eigenvalue weighted by Crippen LogP contribution is 2.31. The molecule has 5 heteroatoms. The van der Waals surface area contributed by atoms with Crippen LogP contribution in [0.1, 0.15) is 16.7 Å². The van der Waals surface area contributed by atoms with Crippen molar-refractivity contribution in [2.75, 3.05) is 33.4 Å². The topological polar surface area (TPSA) is 51.2 Å². The molecule has 0 aliphatic carbocycles. The molecule has 0 bridgehead atoms. The largest absolute Gasteiger partial charge is 0.491 e. The molecule has 140 valence electrons. The van der Waals surface area contributed by atoms with E-state index >= 15 is 0 Å². The highest BCUT2D eigenvalue weighted by molar-refractivity contribution is 5.43. The van der Waals surface area contributed by atoms with E-state index in [9.17, 15) is 5.11 Å². The number of ether oxygens (including phenoxy) is 3. The molecular weight excluding hydrogens is 330 g/mol. The molecular formula is C21H27NO4. The zero-order chi connectivity index (χ0) is 18.5. The van der Waals surface area contributed by atoms with Gasteiger partial charge in [-0.25, -0.2) is 0 Å². The summed E-state index contributed by atoms with van der Waals surface area (Å²) in [7, 11) is 1.98. The molecule has 1 unspecified atom stereocenters. The summed E-state index contributed by atoms with van der Waals surface area (Å²) in [6.45, 7) is 6.78. The van der Waals surface area contributed by atoms with E-state index in [1.807, 2.05) is 51.2 Å². The first-order valence-electron chi connectivity index (χ1n) is 8.96. The predicted octanol–water partition coefficient (Wildman–Crippen LogP) is 2.95. The Hall–Kier alpha value is -2.24. The second kappa shape index (κ2) is 8.43. The number of likely N-dealkylation sites (N-methyl/N-ethyl adjacent to an activating group) is 1. The number of nitrogens with zero attached hydrogens (tertiary/aromatic N) is 1. The summed E-state index contributed by atoms with van der Waals surface area (Å²) in [6, 6.07) is 12.0. The minimum atomic E-state index is -0.557. The Balaban J connectivity index is 1.48. The summed E-state index contributed by atoms with van der Waals surface area (Å²) in [6.07, 6.45) is -0.557. The van der Waals surface area contributed by atoms with Crippen molar-refractivity contribution < 1.29 is 19.3 Å². The highest BCUT2D eigenvalue weighted by Gasteiger charge is 2.14. The number of hydrogen-bond acceptors (Lipinski definition) is 5. The van der Waals surface area contributed by atoms with E-state index in [1.165, 1.54) is 0 Å². The molecule has 0 radical (unpaired) electrons. The summed E-state index contributed by atoms with van der Waals surface area (Å²) in [5, 5.41) is 10.3. The van der Waals surface area contributed by atoms with Crippen molar-refractivity contribution in [1.82, 2.24) is 4.90 Å². The molecule has 1 N–H and O–H groups in total. The second-order valence-electron chi connectivity index (χ2n) is 6.96. The van der Waals surface area contributed by atoms with E-state index in [1.54, 1.807) is 0 Å². The zero-order valence-electron chi connectivity index (χ0n) is 15.7. The van der Waals surface area contributed by atoms with Crippen LogP contribution in [0.15, 0.2) is 36.4 Å². The molecule has 0 amide bonds. The molecule has 1 aliphatic heterocycles. The number of aliphatic hydroxyl groups is 1. The summed E-state index contributed by atoms with van der Waals surface area (Å²) in [5.74, 6) is 2.39. The Kier molecular flexibility index (Phi) is 6.01. The van der Waals surface area contributed by atoms with Gasteiger partial charge in [0.05, 0.1) is 0 Å². The van der Waals surface area contributed by atoms with Crippen molar-refractivity contribution in [2.24, 2.45) is 0 Å². The van der Waals surface area contributed by atoms with Gasteiger partial charge in [-0.2, -0.15) is 0 Å². The fourth-order valence-electron chi connectivity index (χ4n) is 3.18. The lowest BCUT2D eigenvalue weighted by atomic mass is 10.1. The first-order valence-corrected chi connectivity index (χ1v) is 8.96. The smallest absolute Gasteiger partial charge is 0.161 e. The maximum atomic E-state index is 10.3. The summed E-state index contributed by atoms with van der Waals surface area (Å²) < 4.78 is 16.9. The molecule has 1 atom stereocenters. The van der Waals surface area contributed by atoms with Gasteiger partial charge in [-0.05, 0) is 61.9 Å². The number of fused-ring (bicyclic) bond motifs is 1. The van der Waals surface area contributed by atoms with Crippen LogP contribution in [-0.2, 0) is 6.54 Å². The molecule has 0 aromatic heterocycles. The molecule has 0 spiro atoms. The van der Waals surface area contributed by atoms with Crippen molar-refractivity contribution in [3.8, 4) is 17.2 Å². The van der Waals surface area contributed by atoms with Gasteiger partial charge >= 0.3 is 0 Å². The fourth-order valence-corrected chi connectivity index (χ4v) is 3.18. The Bertz CT molecular complexity index is 727. The monoisotopic (exact) mass is 357 g/mol. The first kappa shape index (κ1) is 18.5. The SMILES string of the molecule is Cc1cc(C)cc(OCC(O)CN(C)Cc2ccc3c(c2)OCCO3)c1. The van der Waals surface area contributed by atoms with Gasteiger partial charge in [-0.15, -0.1) is 0 Å². The maximum Gasteiger partial charge on any atom is 0.161 e. The lowest BCUT2D eigenvalue weighted by Gasteiger charge is -2.23. The number of aryl methyl sites for hydroxylation is 2. The van der Waals surface area contributed by atoms with Gasteiger partial charge in [-0.1, -0.05) is 12.1 Å². The van der Waals surface area contributed by atoms with Crippen LogP contribution in [0.4, 0.5) is 0 Å². The average Bonchev–Trinajstić information content (AvgIpc) is 2.59. The van der Waals surface area contributed by atoms with Gasteiger partial charge in [0.1, 0.15) is 31.7 Å². The molecule has 1 aliphatic rings. The number of benzene rings is 2. The van der Waals surface area contributed by atoms with Crippen LogP contribution >= 0.6 is 0 Å². The van der Waals surface area contributed by atoms with Gasteiger partial charge in [-0.3, -0.25) is 4.90 Å². The Labute approximate surface area is 155 Å². The van der Waals surface area contributed by atoms with E-state index in [0.29, 0.717) is 19.8 Å². The summed E-state index contributed by atoms with van der Waals surface area (Å²) in [4.78, 5) is 2.07. The molecule has 0 fully saturated rings. The van der Waals surface area contributed by atoms with Gasteiger partial charge in [0.25, 0.3) is 0 Å². The van der Waals surface area contributed by atoms with Crippen molar-refractivity contribution in [3.63, 3.8) is 0 Å². The quantitative estimate of drug-likeness (QED) is 0.826. The molecule has 2 aromatic rings. The van der Waals surface area contributed by atoms with Crippen LogP contribution in [0, 0.1) is 13.8 Å². The lowest BCUT2D eigenvalue weighted by molar-refractivity contribution is 0.0743. The first-order chi connectivity index (χ1) is 12.5. The van der Waals surface area contributed by atoms with Crippen LogP contribution < -0.4 is 14.2 Å². The Morgan fingerprint density at radius 1 is 1.04 bits per heavy atom. The predicted molar refractivity (Wildman–Crippen MR) is 101 cm³/mol. The zero-order valence-corrected chi connectivity index (χ0v) is 15.7. The Morgan fingerprint density at radius 2 is 1.73 bits per heavy atom. The van der Waals surface area contributed by atoms with Crippen LogP contribution in [0.5, 0.6) is 17.2 Å². The van der Waals surface area contributed by atoms with Gasteiger partial charge in [0.15, 0.2) is 11.5 Å². The van der Waals surface area contributed by atoms with Crippen LogP contribution in [0.3, 0.4) is 0 Å². The van der Waals surface area contributed by atoms with E-state index in [2.05, 4.69) is 11.0 Å². The molecule has 5 nitrogen and oxygen atoms in total. The van der Waals surface area contributed by atoms with Crippen molar-refractivity contribution in [3.05, 3.63) is 53.1 Å². The van der Waals surface area contributed by atoms with Gasteiger partial charge < -0.3 is 19.3 Å². The second-order valence-corrected chi connectivity index (χ2v) is 6.96. The summed E-state index contributed by atoms with van der Waals surface area (Å²) >= 11 is 0. The third kappa shape index (κ3) is 5.13. The fraction of sp³-hybridized carbons (Fsp3) is 0.429. The van der Waals surface area contributed by atoms with Gasteiger partial charge in [0, 0.05) is 13.1 Å². The molecule has 0 saturated heterocycles. The minimum absolute atomic E-state index is 0.272. The van der Waals surface area contributed by atoms with Crippen molar-refractivity contribution in [2.45, 2.75) is 26.5 Å². The molecule has 3 rings (SSSR count). The van der Waals surface area contributed by atoms with Crippen molar-refractivity contribution >= 4 is 0 Å². The van der Waals surface area contributed by atoms with Crippen LogP contribution in [0.25, 0.3) is 0 Å². The minimum Gasteiger partial charge on any atom is -0.491 e. The van der Waals surface area contributed by atoms with E-state index < -0.39 is 6.10 Å². The van der Waals surface area contributed by atoms with E-state index in [0.717, 1.165) is 40.5 Å². The molecule has 2 aromatic carbocycles. The normalized spacial score (nSPS) is 14.3. The Morgan fingerprint density at radius 3 is 2.46 bits per heavy atom. The highest BCUT2D eigenvalue weighted by atomic mass is 16.6.